The number of hydrogen-bond acceptors (Lipinski definition) is 7. The number of carbonyl (C=O) groups excluding carboxylic acids is 1. The number of nitrogens with zero attached hydrogens (tertiary/aromatic N) is 4. The highest BCUT2D eigenvalue weighted by molar-refractivity contribution is 5.92. The summed E-state index contributed by atoms with van der Waals surface area (Å²) in [5.41, 5.74) is 1.64. The zero-order valence-corrected chi connectivity index (χ0v) is 15.2. The molecule has 0 aliphatic heterocycles. The highest BCUT2D eigenvalue weighted by Crippen LogP contribution is 2.23. The van der Waals surface area contributed by atoms with Crippen molar-refractivity contribution in [3.05, 3.63) is 72.4 Å². The van der Waals surface area contributed by atoms with Gasteiger partial charge in [0.05, 0.1) is 19.0 Å². The zero-order chi connectivity index (χ0) is 19.5. The van der Waals surface area contributed by atoms with Crippen molar-refractivity contribution in [1.82, 2.24) is 19.9 Å². The summed E-state index contributed by atoms with van der Waals surface area (Å²) in [6, 6.07) is 16.2. The third kappa shape index (κ3) is 3.48. The van der Waals surface area contributed by atoms with E-state index in [4.69, 9.17) is 14.0 Å². The van der Waals surface area contributed by atoms with Crippen LogP contribution in [0.15, 0.2) is 65.3 Å². The molecule has 0 spiro atoms. The first kappa shape index (κ1) is 17.5. The second-order valence-electron chi connectivity index (χ2n) is 5.88. The van der Waals surface area contributed by atoms with E-state index in [1.807, 2.05) is 30.3 Å². The molecule has 2 heterocycles. The molecule has 0 radical (unpaired) electrons. The van der Waals surface area contributed by atoms with Crippen molar-refractivity contribution in [1.29, 1.82) is 0 Å². The molecule has 28 heavy (non-hydrogen) atoms. The first-order chi connectivity index (χ1) is 13.6. The minimum absolute atomic E-state index is 0.0872. The van der Waals surface area contributed by atoms with Crippen LogP contribution in [-0.4, -0.2) is 33.0 Å². The lowest BCUT2D eigenvalue weighted by Gasteiger charge is -2.04. The van der Waals surface area contributed by atoms with Gasteiger partial charge in [0, 0.05) is 12.5 Å². The number of carbonyl (C=O) groups is 1. The fraction of sp³-hybridized carbons (Fsp3) is 0.100. The Labute approximate surface area is 160 Å². The smallest absolute Gasteiger partial charge is 0.368 e. The molecule has 2 aromatic heterocycles. The SMILES string of the molecule is COc1cn(-c2ccccc2)nc1C(=O)Oc1ccc(-c2noc(C)n2)cc1. The molecule has 0 saturated carbocycles. The molecule has 0 atom stereocenters. The minimum atomic E-state index is -0.616. The van der Waals surface area contributed by atoms with Crippen LogP contribution >= 0.6 is 0 Å². The molecular formula is C20H16N4O4. The molecule has 0 unspecified atom stereocenters. The number of hydrogen-bond donors (Lipinski definition) is 0. The Kier molecular flexibility index (Phi) is 4.59. The predicted molar refractivity (Wildman–Crippen MR) is 99.5 cm³/mol. The van der Waals surface area contributed by atoms with E-state index in [1.165, 1.54) is 7.11 Å². The van der Waals surface area contributed by atoms with Gasteiger partial charge in [0.25, 0.3) is 0 Å². The summed E-state index contributed by atoms with van der Waals surface area (Å²) in [6.07, 6.45) is 1.63. The number of para-hydroxylation sites is 1. The van der Waals surface area contributed by atoms with Crippen molar-refractivity contribution in [2.75, 3.05) is 7.11 Å². The van der Waals surface area contributed by atoms with Gasteiger partial charge in [-0.05, 0) is 36.4 Å². The van der Waals surface area contributed by atoms with Gasteiger partial charge in [0.2, 0.25) is 17.4 Å². The third-order valence-corrected chi connectivity index (χ3v) is 3.97. The second kappa shape index (κ2) is 7.36. The molecule has 4 aromatic rings. The van der Waals surface area contributed by atoms with Gasteiger partial charge < -0.3 is 14.0 Å². The number of benzene rings is 2. The van der Waals surface area contributed by atoms with E-state index in [-0.39, 0.29) is 5.69 Å². The number of aromatic nitrogens is 4. The molecule has 0 aliphatic carbocycles. The average molecular weight is 376 g/mol. The molecule has 0 N–H and O–H groups in total. The topological polar surface area (TPSA) is 92.3 Å². The fourth-order valence-electron chi connectivity index (χ4n) is 2.61. The van der Waals surface area contributed by atoms with Crippen LogP contribution in [0, 0.1) is 6.92 Å². The summed E-state index contributed by atoms with van der Waals surface area (Å²) in [5, 5.41) is 8.16. The fourth-order valence-corrected chi connectivity index (χ4v) is 2.61. The van der Waals surface area contributed by atoms with Crippen molar-refractivity contribution < 1.29 is 18.8 Å². The van der Waals surface area contributed by atoms with E-state index < -0.39 is 5.97 Å². The monoisotopic (exact) mass is 376 g/mol. The quantitative estimate of drug-likeness (QED) is 0.389. The van der Waals surface area contributed by atoms with Crippen molar-refractivity contribution in [3.8, 4) is 28.6 Å². The lowest BCUT2D eigenvalue weighted by atomic mass is 10.2. The maximum Gasteiger partial charge on any atom is 0.368 e. The van der Waals surface area contributed by atoms with Gasteiger partial charge in [-0.2, -0.15) is 10.1 Å². The van der Waals surface area contributed by atoms with Crippen LogP contribution in [0.1, 0.15) is 16.4 Å². The Hall–Kier alpha value is -3.94. The van der Waals surface area contributed by atoms with E-state index in [0.29, 0.717) is 23.2 Å². The molecule has 8 nitrogen and oxygen atoms in total. The van der Waals surface area contributed by atoms with E-state index in [2.05, 4.69) is 15.2 Å². The summed E-state index contributed by atoms with van der Waals surface area (Å²) >= 11 is 0. The van der Waals surface area contributed by atoms with E-state index in [0.717, 1.165) is 11.3 Å². The van der Waals surface area contributed by atoms with Crippen LogP contribution in [0.2, 0.25) is 0 Å². The zero-order valence-electron chi connectivity index (χ0n) is 15.2. The lowest BCUT2D eigenvalue weighted by Crippen LogP contribution is -2.11. The van der Waals surface area contributed by atoms with Gasteiger partial charge in [-0.25, -0.2) is 9.48 Å². The summed E-state index contributed by atoms with van der Waals surface area (Å²) < 4.78 is 17.2. The average Bonchev–Trinajstić information content (AvgIpc) is 3.36. The van der Waals surface area contributed by atoms with Crippen molar-refractivity contribution >= 4 is 5.97 Å². The molecule has 0 saturated heterocycles. The summed E-state index contributed by atoms with van der Waals surface area (Å²) in [7, 11) is 1.48. The van der Waals surface area contributed by atoms with Crippen LogP contribution < -0.4 is 9.47 Å². The molecule has 4 rings (SSSR count). The van der Waals surface area contributed by atoms with Gasteiger partial charge in [-0.3, -0.25) is 0 Å². The van der Waals surface area contributed by atoms with E-state index >= 15 is 0 Å². The molecule has 0 aliphatic rings. The number of esters is 1. The summed E-state index contributed by atoms with van der Waals surface area (Å²) in [6.45, 7) is 1.72. The van der Waals surface area contributed by atoms with Gasteiger partial charge in [0.15, 0.2) is 5.75 Å². The Morgan fingerprint density at radius 2 is 1.82 bits per heavy atom. The number of methoxy groups -OCH3 is 1. The molecule has 0 fully saturated rings. The molecular weight excluding hydrogens is 360 g/mol. The van der Waals surface area contributed by atoms with Gasteiger partial charge >= 0.3 is 5.97 Å². The maximum absolute atomic E-state index is 12.6. The predicted octanol–water partition coefficient (Wildman–Crippen LogP) is 3.46. The van der Waals surface area contributed by atoms with Gasteiger partial charge in [0.1, 0.15) is 5.75 Å². The molecule has 0 amide bonds. The number of rotatable bonds is 5. The van der Waals surface area contributed by atoms with Crippen LogP contribution in [-0.2, 0) is 0 Å². The van der Waals surface area contributed by atoms with Crippen LogP contribution in [0.5, 0.6) is 11.5 Å². The first-order valence-corrected chi connectivity index (χ1v) is 8.46. The number of ether oxygens (including phenoxy) is 2. The Morgan fingerprint density at radius 3 is 2.46 bits per heavy atom. The van der Waals surface area contributed by atoms with Crippen molar-refractivity contribution in [2.24, 2.45) is 0 Å². The summed E-state index contributed by atoms with van der Waals surface area (Å²) in [4.78, 5) is 16.7. The summed E-state index contributed by atoms with van der Waals surface area (Å²) in [5.74, 6) is 1.03. The van der Waals surface area contributed by atoms with Crippen LogP contribution in [0.3, 0.4) is 0 Å². The van der Waals surface area contributed by atoms with E-state index in [9.17, 15) is 4.79 Å². The molecule has 140 valence electrons. The molecule has 0 bridgehead atoms. The minimum Gasteiger partial charge on any atom is -0.493 e. The second-order valence-corrected chi connectivity index (χ2v) is 5.88. The Bertz CT molecular complexity index is 1100. The van der Waals surface area contributed by atoms with Crippen molar-refractivity contribution in [3.63, 3.8) is 0 Å². The van der Waals surface area contributed by atoms with Crippen LogP contribution in [0.25, 0.3) is 17.1 Å². The highest BCUT2D eigenvalue weighted by atomic mass is 16.5. The Balaban J connectivity index is 1.54. The molecule has 8 heteroatoms. The standard InChI is InChI=1S/C20H16N4O4/c1-13-21-19(23-28-13)14-8-10-16(11-9-14)27-20(25)18-17(26-2)12-24(22-18)15-6-4-3-5-7-15/h3-12H,1-2H3. The molecule has 2 aromatic carbocycles. The normalized spacial score (nSPS) is 10.6. The maximum atomic E-state index is 12.6. The van der Waals surface area contributed by atoms with Gasteiger partial charge in [-0.1, -0.05) is 23.4 Å². The highest BCUT2D eigenvalue weighted by Gasteiger charge is 2.20. The van der Waals surface area contributed by atoms with Crippen LogP contribution in [0.4, 0.5) is 0 Å². The first-order valence-electron chi connectivity index (χ1n) is 8.46. The van der Waals surface area contributed by atoms with E-state index in [1.54, 1.807) is 42.1 Å². The van der Waals surface area contributed by atoms with Gasteiger partial charge in [-0.15, -0.1) is 0 Å². The number of aryl methyl sites for hydroxylation is 1. The lowest BCUT2D eigenvalue weighted by molar-refractivity contribution is 0.0724. The third-order valence-electron chi connectivity index (χ3n) is 3.97. The Morgan fingerprint density at radius 1 is 1.07 bits per heavy atom. The largest absolute Gasteiger partial charge is 0.493 e. The van der Waals surface area contributed by atoms with Crippen molar-refractivity contribution in [2.45, 2.75) is 6.92 Å².